The van der Waals surface area contributed by atoms with E-state index in [1.54, 1.807) is 0 Å². The summed E-state index contributed by atoms with van der Waals surface area (Å²) in [7, 11) is 0. The zero-order valence-corrected chi connectivity index (χ0v) is 11.8. The van der Waals surface area contributed by atoms with Crippen LogP contribution < -0.4 is 5.32 Å². The lowest BCUT2D eigenvalue weighted by Crippen LogP contribution is -2.30. The second-order valence-electron chi connectivity index (χ2n) is 5.28. The maximum Gasteiger partial charge on any atom is 0.0105 e. The van der Waals surface area contributed by atoms with Crippen molar-refractivity contribution in [2.45, 2.75) is 53.0 Å². The number of hydrogen-bond acceptors (Lipinski definition) is 1. The minimum Gasteiger partial charge on any atom is -0.314 e. The van der Waals surface area contributed by atoms with Gasteiger partial charge in [-0.1, -0.05) is 52.0 Å². The Morgan fingerprint density at radius 2 is 1.47 bits per heavy atom. The third-order valence-corrected chi connectivity index (χ3v) is 3.13. The van der Waals surface area contributed by atoms with Crippen LogP contribution in [0, 0.1) is 5.92 Å². The molecule has 0 aliphatic carbocycles. The van der Waals surface area contributed by atoms with Crippen LogP contribution >= 0.6 is 0 Å². The zero-order valence-electron chi connectivity index (χ0n) is 11.8. The minimum absolute atomic E-state index is 0.621. The first-order valence-corrected chi connectivity index (χ1v) is 6.96. The highest BCUT2D eigenvalue weighted by molar-refractivity contribution is 5.23. The maximum absolute atomic E-state index is 3.53. The largest absolute Gasteiger partial charge is 0.314 e. The Kier molecular flexibility index (Phi) is 6.28. The molecule has 0 heterocycles. The molecular formula is C16H27N. The molecular weight excluding hydrogens is 206 g/mol. The molecule has 1 rings (SSSR count). The molecule has 1 nitrogen and oxygen atoms in total. The van der Waals surface area contributed by atoms with Gasteiger partial charge >= 0.3 is 0 Å². The van der Waals surface area contributed by atoms with Crippen LogP contribution in [-0.4, -0.2) is 12.6 Å². The van der Waals surface area contributed by atoms with E-state index in [1.165, 1.54) is 24.0 Å². The van der Waals surface area contributed by atoms with E-state index >= 15 is 0 Å². The van der Waals surface area contributed by atoms with E-state index in [0.29, 0.717) is 6.04 Å². The standard InChI is InChI=1S/C16H27N/c1-5-16(17-6-2)12-15-9-7-14(8-10-15)11-13(3)4/h7-10,13,16-17H,5-6,11-12H2,1-4H3. The van der Waals surface area contributed by atoms with Gasteiger partial charge in [0.25, 0.3) is 0 Å². The predicted molar refractivity (Wildman–Crippen MR) is 76.4 cm³/mol. The van der Waals surface area contributed by atoms with Crippen LogP contribution in [0.5, 0.6) is 0 Å². The van der Waals surface area contributed by atoms with Crippen LogP contribution in [0.2, 0.25) is 0 Å². The molecule has 0 saturated heterocycles. The van der Waals surface area contributed by atoms with Gasteiger partial charge in [-0.3, -0.25) is 0 Å². The van der Waals surface area contributed by atoms with Crippen molar-refractivity contribution in [3.63, 3.8) is 0 Å². The first-order valence-electron chi connectivity index (χ1n) is 6.96. The van der Waals surface area contributed by atoms with Gasteiger partial charge in [-0.2, -0.15) is 0 Å². The second kappa shape index (κ2) is 7.50. The number of benzene rings is 1. The molecule has 1 heteroatoms. The second-order valence-corrected chi connectivity index (χ2v) is 5.28. The molecule has 0 radical (unpaired) electrons. The highest BCUT2D eigenvalue weighted by Crippen LogP contribution is 2.12. The number of rotatable bonds is 7. The van der Waals surface area contributed by atoms with Crippen molar-refractivity contribution >= 4 is 0 Å². The van der Waals surface area contributed by atoms with Crippen molar-refractivity contribution in [1.82, 2.24) is 5.32 Å². The number of nitrogens with one attached hydrogen (secondary N) is 1. The van der Waals surface area contributed by atoms with Crippen LogP contribution in [-0.2, 0) is 12.8 Å². The Hall–Kier alpha value is -0.820. The Labute approximate surface area is 107 Å². The summed E-state index contributed by atoms with van der Waals surface area (Å²) in [5.41, 5.74) is 2.91. The zero-order chi connectivity index (χ0) is 12.7. The van der Waals surface area contributed by atoms with Crippen LogP contribution in [0.4, 0.5) is 0 Å². The lowest BCUT2D eigenvalue weighted by Gasteiger charge is -2.16. The topological polar surface area (TPSA) is 12.0 Å². The van der Waals surface area contributed by atoms with E-state index in [9.17, 15) is 0 Å². The van der Waals surface area contributed by atoms with Crippen molar-refractivity contribution in [1.29, 1.82) is 0 Å². The third kappa shape index (κ3) is 5.36. The summed E-state index contributed by atoms with van der Waals surface area (Å²) < 4.78 is 0. The molecule has 0 aliphatic heterocycles. The number of likely N-dealkylation sites (N-methyl/N-ethyl adjacent to an activating group) is 1. The van der Waals surface area contributed by atoms with Gasteiger partial charge in [-0.15, -0.1) is 0 Å². The van der Waals surface area contributed by atoms with E-state index in [1.807, 2.05) is 0 Å². The molecule has 0 aliphatic rings. The molecule has 0 fully saturated rings. The lowest BCUT2D eigenvalue weighted by molar-refractivity contribution is 0.510. The molecule has 1 aromatic carbocycles. The Morgan fingerprint density at radius 3 is 1.88 bits per heavy atom. The van der Waals surface area contributed by atoms with Crippen molar-refractivity contribution in [3.8, 4) is 0 Å². The molecule has 1 aromatic rings. The van der Waals surface area contributed by atoms with Crippen molar-refractivity contribution in [2.75, 3.05) is 6.54 Å². The van der Waals surface area contributed by atoms with Crippen molar-refractivity contribution in [2.24, 2.45) is 5.92 Å². The molecule has 1 unspecified atom stereocenters. The van der Waals surface area contributed by atoms with E-state index in [4.69, 9.17) is 0 Å². The monoisotopic (exact) mass is 233 g/mol. The van der Waals surface area contributed by atoms with E-state index in [-0.39, 0.29) is 0 Å². The first kappa shape index (κ1) is 14.2. The summed E-state index contributed by atoms with van der Waals surface area (Å²) in [4.78, 5) is 0. The van der Waals surface area contributed by atoms with Gasteiger partial charge in [0, 0.05) is 6.04 Å². The van der Waals surface area contributed by atoms with Gasteiger partial charge in [0.2, 0.25) is 0 Å². The highest BCUT2D eigenvalue weighted by atomic mass is 14.9. The third-order valence-electron chi connectivity index (χ3n) is 3.13. The van der Waals surface area contributed by atoms with Gasteiger partial charge in [0.15, 0.2) is 0 Å². The lowest BCUT2D eigenvalue weighted by atomic mass is 9.99. The summed E-state index contributed by atoms with van der Waals surface area (Å²) in [6.45, 7) is 10.0. The molecule has 0 aromatic heterocycles. The molecule has 0 saturated carbocycles. The molecule has 96 valence electrons. The van der Waals surface area contributed by atoms with E-state index < -0.39 is 0 Å². The van der Waals surface area contributed by atoms with Crippen LogP contribution in [0.25, 0.3) is 0 Å². The fourth-order valence-corrected chi connectivity index (χ4v) is 2.22. The summed E-state index contributed by atoms with van der Waals surface area (Å²) in [5.74, 6) is 0.742. The average Bonchev–Trinajstić information content (AvgIpc) is 2.30. The van der Waals surface area contributed by atoms with E-state index in [2.05, 4.69) is 57.3 Å². The summed E-state index contributed by atoms with van der Waals surface area (Å²) >= 11 is 0. The fraction of sp³-hybridized carbons (Fsp3) is 0.625. The first-order chi connectivity index (χ1) is 8.15. The molecule has 1 N–H and O–H groups in total. The van der Waals surface area contributed by atoms with Gasteiger partial charge < -0.3 is 5.32 Å². The molecule has 0 spiro atoms. The van der Waals surface area contributed by atoms with Gasteiger partial charge in [-0.25, -0.2) is 0 Å². The normalized spacial score (nSPS) is 13.0. The fourth-order valence-electron chi connectivity index (χ4n) is 2.22. The van der Waals surface area contributed by atoms with Crippen LogP contribution in [0.1, 0.15) is 45.2 Å². The molecule has 17 heavy (non-hydrogen) atoms. The number of hydrogen-bond donors (Lipinski definition) is 1. The highest BCUT2D eigenvalue weighted by Gasteiger charge is 2.05. The van der Waals surface area contributed by atoms with Gasteiger partial charge in [0.05, 0.1) is 0 Å². The van der Waals surface area contributed by atoms with Crippen molar-refractivity contribution < 1.29 is 0 Å². The summed E-state index contributed by atoms with van der Waals surface area (Å²) in [6.07, 6.45) is 3.53. The summed E-state index contributed by atoms with van der Waals surface area (Å²) in [6, 6.07) is 9.77. The molecule has 0 bridgehead atoms. The SMILES string of the molecule is CCNC(CC)Cc1ccc(CC(C)C)cc1. The smallest absolute Gasteiger partial charge is 0.0105 e. The minimum atomic E-state index is 0.621. The average molecular weight is 233 g/mol. The maximum atomic E-state index is 3.53. The van der Waals surface area contributed by atoms with Gasteiger partial charge in [-0.05, 0) is 42.9 Å². The van der Waals surface area contributed by atoms with Crippen molar-refractivity contribution in [3.05, 3.63) is 35.4 Å². The summed E-state index contributed by atoms with van der Waals surface area (Å²) in [5, 5.41) is 3.53. The van der Waals surface area contributed by atoms with Crippen LogP contribution in [0.3, 0.4) is 0 Å². The Bertz CT molecular complexity index is 300. The predicted octanol–water partition coefficient (Wildman–Crippen LogP) is 3.82. The molecule has 0 amide bonds. The molecule has 1 atom stereocenters. The Balaban J connectivity index is 2.54. The van der Waals surface area contributed by atoms with Gasteiger partial charge in [0.1, 0.15) is 0 Å². The quantitative estimate of drug-likeness (QED) is 0.755. The van der Waals surface area contributed by atoms with Crippen LogP contribution in [0.15, 0.2) is 24.3 Å². The Morgan fingerprint density at radius 1 is 0.941 bits per heavy atom. The van der Waals surface area contributed by atoms with E-state index in [0.717, 1.165) is 18.9 Å².